The molecule has 27 heavy (non-hydrogen) atoms. The summed E-state index contributed by atoms with van der Waals surface area (Å²) in [7, 11) is -3.66. The molecule has 150 valence electrons. The zero-order chi connectivity index (χ0) is 20.4. The summed E-state index contributed by atoms with van der Waals surface area (Å²) in [6, 6.07) is 1.61. The minimum absolute atomic E-state index is 0.149. The van der Waals surface area contributed by atoms with E-state index in [1.165, 1.54) is 0 Å². The number of benzene rings is 1. The van der Waals surface area contributed by atoms with Gasteiger partial charge in [-0.15, -0.1) is 0 Å². The summed E-state index contributed by atoms with van der Waals surface area (Å²) in [5.74, 6) is 0.0547. The number of phenols is 1. The monoisotopic (exact) mass is 392 g/mol. The van der Waals surface area contributed by atoms with Gasteiger partial charge in [0.2, 0.25) is 0 Å². The van der Waals surface area contributed by atoms with Crippen molar-refractivity contribution < 1.29 is 18.6 Å². The second-order valence-corrected chi connectivity index (χ2v) is 9.37. The summed E-state index contributed by atoms with van der Waals surface area (Å²) in [5, 5.41) is 21.1. The molecule has 4 nitrogen and oxygen atoms in total. The molecule has 2 N–H and O–H groups in total. The first-order valence-corrected chi connectivity index (χ1v) is 11.5. The Morgan fingerprint density at radius 2 is 1.78 bits per heavy atom. The third-order valence-electron chi connectivity index (χ3n) is 5.87. The van der Waals surface area contributed by atoms with E-state index < -0.39 is 21.4 Å². The van der Waals surface area contributed by atoms with Crippen molar-refractivity contribution in [1.82, 2.24) is 0 Å². The number of aliphatic hydroxyl groups excluding tert-OH is 1. The van der Waals surface area contributed by atoms with Crippen molar-refractivity contribution in [2.45, 2.75) is 71.3 Å². The van der Waals surface area contributed by atoms with Crippen molar-refractivity contribution in [3.05, 3.63) is 46.6 Å². The number of allylic oxidation sites excluding steroid dienone is 2. The molecule has 0 aliphatic heterocycles. The Balaban J connectivity index is 2.59. The summed E-state index contributed by atoms with van der Waals surface area (Å²) in [6.45, 7) is 9.51. The molecule has 1 aromatic rings. The summed E-state index contributed by atoms with van der Waals surface area (Å²) < 4.78 is 26.9. The fourth-order valence-corrected chi connectivity index (χ4v) is 6.21. The van der Waals surface area contributed by atoms with E-state index in [2.05, 4.69) is 0 Å². The maximum absolute atomic E-state index is 13.4. The minimum Gasteiger partial charge on any atom is -0.507 e. The van der Waals surface area contributed by atoms with Gasteiger partial charge in [0.05, 0.1) is 16.8 Å². The number of phenolic OH excluding ortho intramolecular Hbond substituents is 1. The van der Waals surface area contributed by atoms with Gasteiger partial charge in [0, 0.05) is 5.41 Å². The standard InChI is InChI=1S/C22H32O4S/c1-6-16-10-11-20(23)22(9-4,13-16)14-27(25,26)19-12-17(7-2)21(24)18(8-3)15(19)5/h10-13,20,23-24H,6-9,14H2,1-5H3. The number of sulfone groups is 1. The maximum Gasteiger partial charge on any atom is 0.179 e. The van der Waals surface area contributed by atoms with E-state index in [4.69, 9.17) is 0 Å². The average Bonchev–Trinajstić information content (AvgIpc) is 2.63. The van der Waals surface area contributed by atoms with Crippen LogP contribution in [0.4, 0.5) is 0 Å². The highest BCUT2D eigenvalue weighted by Gasteiger charge is 2.40. The molecule has 1 aromatic carbocycles. The Kier molecular flexibility index (Phi) is 6.59. The lowest BCUT2D eigenvalue weighted by Crippen LogP contribution is -2.40. The van der Waals surface area contributed by atoms with Gasteiger partial charge in [0.15, 0.2) is 9.84 Å². The number of aromatic hydroxyl groups is 1. The molecule has 1 aliphatic rings. The van der Waals surface area contributed by atoms with E-state index >= 15 is 0 Å². The molecule has 5 heteroatoms. The molecule has 2 rings (SSSR count). The molecule has 0 radical (unpaired) electrons. The highest BCUT2D eigenvalue weighted by atomic mass is 32.2. The van der Waals surface area contributed by atoms with E-state index in [1.807, 2.05) is 39.8 Å². The summed E-state index contributed by atoms with van der Waals surface area (Å²) in [4.78, 5) is 0.273. The number of aliphatic hydroxyl groups is 1. The van der Waals surface area contributed by atoms with Gasteiger partial charge < -0.3 is 10.2 Å². The van der Waals surface area contributed by atoms with Crippen LogP contribution >= 0.6 is 0 Å². The van der Waals surface area contributed by atoms with Gasteiger partial charge in [0.25, 0.3) is 0 Å². The van der Waals surface area contributed by atoms with Crippen molar-refractivity contribution in [2.75, 3.05) is 5.75 Å². The number of hydrogen-bond acceptors (Lipinski definition) is 4. The lowest BCUT2D eigenvalue weighted by molar-refractivity contribution is 0.109. The zero-order valence-electron chi connectivity index (χ0n) is 17.0. The second-order valence-electron chi connectivity index (χ2n) is 7.42. The molecule has 0 spiro atoms. The molecule has 0 heterocycles. The zero-order valence-corrected chi connectivity index (χ0v) is 17.9. The maximum atomic E-state index is 13.4. The predicted molar refractivity (Wildman–Crippen MR) is 110 cm³/mol. The van der Waals surface area contributed by atoms with Gasteiger partial charge in [-0.3, -0.25) is 0 Å². The highest BCUT2D eigenvalue weighted by molar-refractivity contribution is 7.91. The number of hydrogen-bond donors (Lipinski definition) is 2. The van der Waals surface area contributed by atoms with Crippen molar-refractivity contribution in [3.8, 4) is 5.75 Å². The van der Waals surface area contributed by atoms with E-state index in [0.29, 0.717) is 36.0 Å². The first-order chi connectivity index (χ1) is 12.7. The quantitative estimate of drug-likeness (QED) is 0.727. The molecule has 0 fully saturated rings. The average molecular weight is 393 g/mol. The van der Waals surface area contributed by atoms with Gasteiger partial charge >= 0.3 is 0 Å². The van der Waals surface area contributed by atoms with E-state index in [0.717, 1.165) is 12.0 Å². The predicted octanol–water partition coefficient (Wildman–Crippen LogP) is 4.26. The van der Waals surface area contributed by atoms with Crippen LogP contribution in [0.2, 0.25) is 0 Å². The van der Waals surface area contributed by atoms with Crippen molar-refractivity contribution in [1.29, 1.82) is 0 Å². The van der Waals surface area contributed by atoms with Crippen LogP contribution in [0.25, 0.3) is 0 Å². The van der Waals surface area contributed by atoms with Crippen LogP contribution in [0.3, 0.4) is 0 Å². The topological polar surface area (TPSA) is 74.6 Å². The second kappa shape index (κ2) is 8.19. The van der Waals surface area contributed by atoms with Gasteiger partial charge in [-0.25, -0.2) is 8.42 Å². The van der Waals surface area contributed by atoms with E-state index in [1.54, 1.807) is 19.1 Å². The third-order valence-corrected chi connectivity index (χ3v) is 7.88. The fraction of sp³-hybridized carbons (Fsp3) is 0.545. The number of rotatable bonds is 7. The van der Waals surface area contributed by atoms with Crippen molar-refractivity contribution >= 4 is 9.84 Å². The van der Waals surface area contributed by atoms with Gasteiger partial charge in [-0.05, 0) is 55.4 Å². The Bertz CT molecular complexity index is 865. The van der Waals surface area contributed by atoms with Crippen LogP contribution in [0.5, 0.6) is 5.75 Å². The Hall–Kier alpha value is -1.59. The molecular formula is C22H32O4S. The normalized spacial score (nSPS) is 22.7. The van der Waals surface area contributed by atoms with E-state index in [9.17, 15) is 18.6 Å². The van der Waals surface area contributed by atoms with E-state index in [-0.39, 0.29) is 16.4 Å². The highest BCUT2D eigenvalue weighted by Crippen LogP contribution is 2.40. The molecule has 0 bridgehead atoms. The molecule has 0 amide bonds. The largest absolute Gasteiger partial charge is 0.507 e. The van der Waals surface area contributed by atoms with Crippen molar-refractivity contribution in [3.63, 3.8) is 0 Å². The summed E-state index contributed by atoms with van der Waals surface area (Å²) >= 11 is 0. The van der Waals surface area contributed by atoms with Gasteiger partial charge in [0.1, 0.15) is 5.75 Å². The first kappa shape index (κ1) is 21.7. The number of aryl methyl sites for hydroxylation is 1. The van der Waals surface area contributed by atoms with Gasteiger partial charge in [-0.1, -0.05) is 51.5 Å². The van der Waals surface area contributed by atoms with Crippen LogP contribution in [0, 0.1) is 12.3 Å². The fourth-order valence-electron chi connectivity index (χ4n) is 3.98. The molecule has 2 unspecified atom stereocenters. The Morgan fingerprint density at radius 3 is 2.30 bits per heavy atom. The SMILES string of the molecule is CCC1=CC(CC)(CS(=O)(=O)c2cc(CC)c(O)c(CC)c2C)C(O)C=C1. The van der Waals surface area contributed by atoms with Crippen LogP contribution in [-0.2, 0) is 22.7 Å². The first-order valence-electron chi connectivity index (χ1n) is 9.80. The third kappa shape index (κ3) is 3.99. The van der Waals surface area contributed by atoms with Crippen LogP contribution in [-0.4, -0.2) is 30.5 Å². The molecule has 0 aromatic heterocycles. The molecule has 2 atom stereocenters. The molecule has 1 aliphatic carbocycles. The molecule has 0 saturated carbocycles. The van der Waals surface area contributed by atoms with Crippen molar-refractivity contribution in [2.24, 2.45) is 5.41 Å². The molecule has 0 saturated heterocycles. The molecular weight excluding hydrogens is 360 g/mol. The minimum atomic E-state index is -3.66. The Labute approximate surface area is 163 Å². The van der Waals surface area contributed by atoms with Crippen LogP contribution in [0.1, 0.15) is 57.2 Å². The lowest BCUT2D eigenvalue weighted by atomic mass is 9.76. The van der Waals surface area contributed by atoms with Crippen LogP contribution in [0.15, 0.2) is 34.8 Å². The lowest BCUT2D eigenvalue weighted by Gasteiger charge is -2.36. The van der Waals surface area contributed by atoms with Gasteiger partial charge in [-0.2, -0.15) is 0 Å². The summed E-state index contributed by atoms with van der Waals surface area (Å²) in [6.07, 6.45) is 7.14. The Morgan fingerprint density at radius 1 is 1.11 bits per heavy atom. The smallest absolute Gasteiger partial charge is 0.179 e. The summed E-state index contributed by atoms with van der Waals surface area (Å²) in [5.41, 5.74) is 2.16. The van der Waals surface area contributed by atoms with Crippen LogP contribution < -0.4 is 0 Å².